The van der Waals surface area contributed by atoms with Crippen molar-refractivity contribution in [1.29, 1.82) is 0 Å². The summed E-state index contributed by atoms with van der Waals surface area (Å²) >= 11 is 1.99. The van der Waals surface area contributed by atoms with Crippen LogP contribution in [0.2, 0.25) is 0 Å². The zero-order chi connectivity index (χ0) is 18.4. The highest BCUT2D eigenvalue weighted by Crippen LogP contribution is 2.46. The van der Waals surface area contributed by atoms with Gasteiger partial charge in [-0.25, -0.2) is 0 Å². The molecule has 1 aromatic heterocycles. The zero-order valence-electron chi connectivity index (χ0n) is 16.2. The molecule has 4 heteroatoms. The summed E-state index contributed by atoms with van der Waals surface area (Å²) in [4.78, 5) is 6.48. The van der Waals surface area contributed by atoms with Gasteiger partial charge < -0.3 is 9.47 Å². The normalized spacial score (nSPS) is 17.9. The van der Waals surface area contributed by atoms with Gasteiger partial charge in [0.1, 0.15) is 0 Å². The van der Waals surface area contributed by atoms with Gasteiger partial charge in [0.05, 0.1) is 5.69 Å². The number of hydrogen-bond donors (Lipinski definition) is 0. The molecule has 0 atom stereocenters. The average Bonchev–Trinajstić information content (AvgIpc) is 3.02. The third kappa shape index (κ3) is 3.10. The second kappa shape index (κ2) is 7.01. The minimum absolute atomic E-state index is 1.07. The van der Waals surface area contributed by atoms with Crippen molar-refractivity contribution in [3.8, 4) is 11.3 Å². The van der Waals surface area contributed by atoms with Crippen LogP contribution in [0.15, 0.2) is 47.4 Å². The Kier molecular flexibility index (Phi) is 4.50. The standard InChI is InChI=1S/C23H27N3S/c1-17-7-8-22-19(15-17)23-20(16-27-22)18-5-3-4-6-21(18)26(23)14-13-25-11-9-24(2)10-12-25/h3-8,15H,9-14,16H2,1-2H3. The smallest absolute Gasteiger partial charge is 0.0544 e. The lowest BCUT2D eigenvalue weighted by Gasteiger charge is -2.32. The molecular weight excluding hydrogens is 350 g/mol. The Bertz CT molecular complexity index is 983. The maximum Gasteiger partial charge on any atom is 0.0544 e. The van der Waals surface area contributed by atoms with Gasteiger partial charge >= 0.3 is 0 Å². The van der Waals surface area contributed by atoms with Gasteiger partial charge in [0.25, 0.3) is 0 Å². The van der Waals surface area contributed by atoms with Gasteiger partial charge in [-0.2, -0.15) is 0 Å². The number of rotatable bonds is 3. The van der Waals surface area contributed by atoms with Crippen LogP contribution >= 0.6 is 11.8 Å². The topological polar surface area (TPSA) is 11.4 Å². The molecule has 3 nitrogen and oxygen atoms in total. The first-order chi connectivity index (χ1) is 13.2. The maximum absolute atomic E-state index is 2.62. The molecule has 0 bridgehead atoms. The monoisotopic (exact) mass is 377 g/mol. The molecule has 1 fully saturated rings. The van der Waals surface area contributed by atoms with Crippen LogP contribution in [0.1, 0.15) is 11.1 Å². The van der Waals surface area contributed by atoms with Crippen molar-refractivity contribution >= 4 is 22.7 Å². The molecule has 2 aliphatic heterocycles. The maximum atomic E-state index is 2.62. The average molecular weight is 378 g/mol. The second-order valence-corrected chi connectivity index (χ2v) is 8.95. The van der Waals surface area contributed by atoms with E-state index in [1.54, 1.807) is 0 Å². The fourth-order valence-corrected chi connectivity index (χ4v) is 5.55. The third-order valence-electron chi connectivity index (χ3n) is 6.07. The zero-order valence-corrected chi connectivity index (χ0v) is 17.1. The number of piperazine rings is 1. The first-order valence-corrected chi connectivity index (χ1v) is 10.9. The van der Waals surface area contributed by atoms with Crippen molar-refractivity contribution in [3.63, 3.8) is 0 Å². The third-order valence-corrected chi connectivity index (χ3v) is 7.17. The quantitative estimate of drug-likeness (QED) is 0.668. The lowest BCUT2D eigenvalue weighted by atomic mass is 10.0. The Morgan fingerprint density at radius 3 is 2.63 bits per heavy atom. The number of aryl methyl sites for hydroxylation is 1. The predicted molar refractivity (Wildman–Crippen MR) is 116 cm³/mol. The molecule has 0 unspecified atom stereocenters. The van der Waals surface area contributed by atoms with Gasteiger partial charge in [0.2, 0.25) is 0 Å². The van der Waals surface area contributed by atoms with E-state index in [1.165, 1.54) is 64.4 Å². The number of benzene rings is 2. The van der Waals surface area contributed by atoms with Crippen LogP contribution < -0.4 is 0 Å². The van der Waals surface area contributed by atoms with Crippen LogP contribution in [-0.2, 0) is 12.3 Å². The summed E-state index contributed by atoms with van der Waals surface area (Å²) in [6.07, 6.45) is 0. The van der Waals surface area contributed by atoms with Crippen LogP contribution in [0.5, 0.6) is 0 Å². The van der Waals surface area contributed by atoms with Crippen LogP contribution in [0.4, 0.5) is 0 Å². The SMILES string of the molecule is Cc1ccc2c(c1)-c1c(c3ccccc3n1CCN1CCN(C)CC1)CS2. The molecule has 0 amide bonds. The molecule has 0 N–H and O–H groups in total. The molecule has 0 radical (unpaired) electrons. The van der Waals surface area contributed by atoms with E-state index in [0.717, 1.165) is 18.8 Å². The lowest BCUT2D eigenvalue weighted by Crippen LogP contribution is -2.45. The minimum atomic E-state index is 1.07. The summed E-state index contributed by atoms with van der Waals surface area (Å²) in [5.74, 6) is 1.08. The Labute approximate surface area is 166 Å². The van der Waals surface area contributed by atoms with Gasteiger partial charge in [-0.15, -0.1) is 11.8 Å². The molecule has 5 rings (SSSR count). The van der Waals surface area contributed by atoms with Crippen LogP contribution in [0.25, 0.3) is 22.2 Å². The van der Waals surface area contributed by atoms with Crippen LogP contribution in [0, 0.1) is 6.92 Å². The Morgan fingerprint density at radius 2 is 1.78 bits per heavy atom. The summed E-state index contributed by atoms with van der Waals surface area (Å²) in [5, 5.41) is 1.44. The number of likely N-dealkylation sites (N-methyl/N-ethyl adjacent to an activating group) is 1. The highest BCUT2D eigenvalue weighted by Gasteiger charge is 2.25. The van der Waals surface area contributed by atoms with E-state index in [2.05, 4.69) is 70.8 Å². The summed E-state index contributed by atoms with van der Waals surface area (Å²) in [7, 11) is 2.23. The number of fused-ring (bicyclic) bond motifs is 5. The number of hydrogen-bond acceptors (Lipinski definition) is 3. The first kappa shape index (κ1) is 17.4. The van der Waals surface area contributed by atoms with Gasteiger partial charge in [-0.05, 0) is 37.7 Å². The Balaban J connectivity index is 1.57. The van der Waals surface area contributed by atoms with Crippen LogP contribution in [0.3, 0.4) is 0 Å². The number of nitrogens with zero attached hydrogens (tertiary/aromatic N) is 3. The van der Waals surface area contributed by atoms with Gasteiger partial charge in [0.15, 0.2) is 0 Å². The van der Waals surface area contributed by atoms with Crippen molar-refractivity contribution in [2.24, 2.45) is 0 Å². The van der Waals surface area contributed by atoms with E-state index < -0.39 is 0 Å². The second-order valence-electron chi connectivity index (χ2n) is 7.93. The summed E-state index contributed by atoms with van der Waals surface area (Å²) in [5.41, 5.74) is 7.15. The predicted octanol–water partition coefficient (Wildman–Crippen LogP) is 4.47. The van der Waals surface area contributed by atoms with Crippen LogP contribution in [-0.4, -0.2) is 54.1 Å². The summed E-state index contributed by atoms with van der Waals surface area (Å²) in [6.45, 7) is 9.14. The van der Waals surface area contributed by atoms with Crippen molar-refractivity contribution < 1.29 is 0 Å². The van der Waals surface area contributed by atoms with E-state index in [9.17, 15) is 0 Å². The van der Waals surface area contributed by atoms with Gasteiger partial charge in [-0.3, -0.25) is 4.90 Å². The number of thioether (sulfide) groups is 1. The summed E-state index contributed by atoms with van der Waals surface area (Å²) < 4.78 is 2.60. The fraction of sp³-hybridized carbons (Fsp3) is 0.391. The molecule has 3 heterocycles. The molecule has 0 aliphatic carbocycles. The molecule has 2 aromatic carbocycles. The van der Waals surface area contributed by atoms with E-state index in [0.29, 0.717) is 0 Å². The minimum Gasteiger partial charge on any atom is -0.339 e. The van der Waals surface area contributed by atoms with Crippen molar-refractivity contribution in [3.05, 3.63) is 53.6 Å². The van der Waals surface area contributed by atoms with E-state index >= 15 is 0 Å². The molecular formula is C23H27N3S. The number of para-hydroxylation sites is 1. The van der Waals surface area contributed by atoms with E-state index in [-0.39, 0.29) is 0 Å². The summed E-state index contributed by atoms with van der Waals surface area (Å²) in [6, 6.07) is 15.9. The molecule has 0 saturated carbocycles. The van der Waals surface area contributed by atoms with Crippen molar-refractivity contribution in [2.45, 2.75) is 24.1 Å². The Hall–Kier alpha value is -1.75. The molecule has 0 spiro atoms. The molecule has 3 aromatic rings. The first-order valence-electron chi connectivity index (χ1n) is 9.95. The van der Waals surface area contributed by atoms with Gasteiger partial charge in [-0.1, -0.05) is 29.8 Å². The van der Waals surface area contributed by atoms with Crippen molar-refractivity contribution in [2.75, 3.05) is 39.8 Å². The molecule has 27 heavy (non-hydrogen) atoms. The molecule has 140 valence electrons. The largest absolute Gasteiger partial charge is 0.339 e. The molecule has 1 saturated heterocycles. The molecule has 2 aliphatic rings. The fourth-order valence-electron chi connectivity index (χ4n) is 4.48. The lowest BCUT2D eigenvalue weighted by molar-refractivity contribution is 0.150. The van der Waals surface area contributed by atoms with Crippen molar-refractivity contribution in [1.82, 2.24) is 14.4 Å². The highest BCUT2D eigenvalue weighted by atomic mass is 32.2. The van der Waals surface area contributed by atoms with Gasteiger partial charge in [0, 0.05) is 66.4 Å². The van der Waals surface area contributed by atoms with E-state index in [1.807, 2.05) is 11.8 Å². The highest BCUT2D eigenvalue weighted by molar-refractivity contribution is 7.98. The van der Waals surface area contributed by atoms with E-state index in [4.69, 9.17) is 0 Å². The number of aromatic nitrogens is 1. The Morgan fingerprint density at radius 1 is 0.963 bits per heavy atom.